The lowest BCUT2D eigenvalue weighted by Crippen LogP contribution is -2.37. The number of anilines is 1. The maximum Gasteiger partial charge on any atom is 0.306 e. The zero-order chi connectivity index (χ0) is 22.8. The molecule has 0 aromatic heterocycles. The molecule has 1 N–H and O–H groups in total. The first kappa shape index (κ1) is 23.9. The van der Waals surface area contributed by atoms with Gasteiger partial charge in [0.1, 0.15) is 5.75 Å². The zero-order valence-corrected chi connectivity index (χ0v) is 18.6. The van der Waals surface area contributed by atoms with Gasteiger partial charge in [-0.1, -0.05) is 35.9 Å². The highest BCUT2D eigenvalue weighted by Gasteiger charge is 2.16. The van der Waals surface area contributed by atoms with Gasteiger partial charge in [0.15, 0.2) is 6.61 Å². The van der Waals surface area contributed by atoms with Gasteiger partial charge in [0.05, 0.1) is 13.2 Å². The van der Waals surface area contributed by atoms with Crippen molar-refractivity contribution in [3.05, 3.63) is 59.2 Å². The minimum Gasteiger partial charge on any atom is -0.494 e. The SMILES string of the molecule is Cc1ccc(OCCCC(=O)OCC(=O)N(C)CC(=O)Nc2c(C)cccc2C)cc1. The molecule has 0 bridgehead atoms. The second-order valence-corrected chi connectivity index (χ2v) is 7.49. The molecule has 7 nitrogen and oxygen atoms in total. The zero-order valence-electron chi connectivity index (χ0n) is 18.6. The Morgan fingerprint density at radius 3 is 2.26 bits per heavy atom. The van der Waals surface area contributed by atoms with Crippen molar-refractivity contribution in [2.75, 3.05) is 32.1 Å². The van der Waals surface area contributed by atoms with Crippen LogP contribution in [0.2, 0.25) is 0 Å². The molecule has 0 heterocycles. The number of para-hydroxylation sites is 1. The van der Waals surface area contributed by atoms with E-state index in [4.69, 9.17) is 9.47 Å². The van der Waals surface area contributed by atoms with E-state index >= 15 is 0 Å². The molecule has 0 spiro atoms. The molecule has 0 atom stereocenters. The summed E-state index contributed by atoms with van der Waals surface area (Å²) < 4.78 is 10.6. The fourth-order valence-electron chi connectivity index (χ4n) is 2.86. The van der Waals surface area contributed by atoms with Crippen molar-refractivity contribution >= 4 is 23.5 Å². The van der Waals surface area contributed by atoms with Crippen LogP contribution in [0.5, 0.6) is 5.75 Å². The van der Waals surface area contributed by atoms with E-state index in [2.05, 4.69) is 5.32 Å². The molecule has 2 aromatic rings. The van der Waals surface area contributed by atoms with E-state index < -0.39 is 18.5 Å². The van der Waals surface area contributed by atoms with Crippen molar-refractivity contribution < 1.29 is 23.9 Å². The van der Waals surface area contributed by atoms with Crippen LogP contribution in [0.1, 0.15) is 29.5 Å². The number of rotatable bonds is 10. The second kappa shape index (κ2) is 11.7. The Labute approximate surface area is 183 Å². The number of ether oxygens (including phenoxy) is 2. The van der Waals surface area contributed by atoms with Gasteiger partial charge in [-0.15, -0.1) is 0 Å². The summed E-state index contributed by atoms with van der Waals surface area (Å²) in [6.07, 6.45) is 0.630. The van der Waals surface area contributed by atoms with Crippen LogP contribution < -0.4 is 10.1 Å². The molecule has 0 unspecified atom stereocenters. The van der Waals surface area contributed by atoms with Crippen molar-refractivity contribution in [1.82, 2.24) is 4.90 Å². The number of carbonyl (C=O) groups excluding carboxylic acids is 3. The van der Waals surface area contributed by atoms with Crippen molar-refractivity contribution in [2.45, 2.75) is 33.6 Å². The third kappa shape index (κ3) is 8.12. The summed E-state index contributed by atoms with van der Waals surface area (Å²) in [7, 11) is 1.50. The number of benzene rings is 2. The quantitative estimate of drug-likeness (QED) is 0.465. The predicted molar refractivity (Wildman–Crippen MR) is 119 cm³/mol. The first-order valence-electron chi connectivity index (χ1n) is 10.2. The van der Waals surface area contributed by atoms with Gasteiger partial charge in [0.25, 0.3) is 5.91 Å². The third-order valence-corrected chi connectivity index (χ3v) is 4.72. The molecule has 31 heavy (non-hydrogen) atoms. The summed E-state index contributed by atoms with van der Waals surface area (Å²) >= 11 is 0. The van der Waals surface area contributed by atoms with Crippen molar-refractivity contribution in [2.24, 2.45) is 0 Å². The molecule has 0 saturated carbocycles. The summed E-state index contributed by atoms with van der Waals surface area (Å²) in [5.74, 6) is -0.488. The van der Waals surface area contributed by atoms with E-state index in [1.807, 2.05) is 63.2 Å². The fourth-order valence-corrected chi connectivity index (χ4v) is 2.86. The van der Waals surface area contributed by atoms with Crippen LogP contribution in [-0.2, 0) is 19.1 Å². The molecule has 0 fully saturated rings. The summed E-state index contributed by atoms with van der Waals surface area (Å²) in [6.45, 7) is 5.66. The fraction of sp³-hybridized carbons (Fsp3) is 0.375. The van der Waals surface area contributed by atoms with Crippen LogP contribution in [-0.4, -0.2) is 49.5 Å². The molecular weight excluding hydrogens is 396 g/mol. The highest BCUT2D eigenvalue weighted by Crippen LogP contribution is 2.19. The standard InChI is InChI=1S/C24H30N2O5/c1-17-10-12-20(13-11-17)30-14-6-9-23(29)31-16-22(28)26(4)15-21(27)25-24-18(2)7-5-8-19(24)3/h5,7-8,10-13H,6,9,14-16H2,1-4H3,(H,25,27). The average molecular weight is 427 g/mol. The summed E-state index contributed by atoms with van der Waals surface area (Å²) in [6, 6.07) is 13.4. The average Bonchev–Trinajstić information content (AvgIpc) is 2.73. The third-order valence-electron chi connectivity index (χ3n) is 4.72. The van der Waals surface area contributed by atoms with Crippen molar-refractivity contribution in [1.29, 1.82) is 0 Å². The van der Waals surface area contributed by atoms with Gasteiger partial charge < -0.3 is 19.7 Å². The smallest absolute Gasteiger partial charge is 0.306 e. The van der Waals surface area contributed by atoms with Gasteiger partial charge >= 0.3 is 5.97 Å². The number of carbonyl (C=O) groups is 3. The Morgan fingerprint density at radius 2 is 1.61 bits per heavy atom. The number of nitrogens with one attached hydrogen (secondary N) is 1. The summed E-state index contributed by atoms with van der Waals surface area (Å²) in [4.78, 5) is 37.5. The topological polar surface area (TPSA) is 84.9 Å². The molecule has 2 amide bonds. The highest BCUT2D eigenvalue weighted by molar-refractivity contribution is 5.96. The molecule has 166 valence electrons. The molecule has 0 saturated heterocycles. The van der Waals surface area contributed by atoms with E-state index in [1.54, 1.807) is 0 Å². The number of likely N-dealkylation sites (N-methyl/N-ethyl adjacent to an activating group) is 1. The van der Waals surface area contributed by atoms with E-state index in [0.717, 1.165) is 28.1 Å². The van der Waals surface area contributed by atoms with E-state index in [-0.39, 0.29) is 18.9 Å². The van der Waals surface area contributed by atoms with Crippen LogP contribution in [0.15, 0.2) is 42.5 Å². The monoisotopic (exact) mass is 426 g/mol. The molecule has 0 aliphatic rings. The van der Waals surface area contributed by atoms with Gasteiger partial charge in [-0.3, -0.25) is 14.4 Å². The summed E-state index contributed by atoms with van der Waals surface area (Å²) in [5, 5.41) is 2.83. The number of esters is 1. The molecule has 0 radical (unpaired) electrons. The lowest BCUT2D eigenvalue weighted by Gasteiger charge is -2.18. The van der Waals surface area contributed by atoms with E-state index in [1.165, 1.54) is 11.9 Å². The van der Waals surface area contributed by atoms with Crippen molar-refractivity contribution in [3.63, 3.8) is 0 Å². The van der Waals surface area contributed by atoms with E-state index in [0.29, 0.717) is 13.0 Å². The largest absolute Gasteiger partial charge is 0.494 e. The maximum absolute atomic E-state index is 12.3. The first-order valence-corrected chi connectivity index (χ1v) is 10.2. The molecular formula is C24H30N2O5. The van der Waals surface area contributed by atoms with Gasteiger partial charge in [-0.25, -0.2) is 0 Å². The van der Waals surface area contributed by atoms with Crippen LogP contribution >= 0.6 is 0 Å². The molecule has 0 aliphatic carbocycles. The normalized spacial score (nSPS) is 10.3. The van der Waals surface area contributed by atoms with Crippen LogP contribution in [0.3, 0.4) is 0 Å². The number of aryl methyl sites for hydroxylation is 3. The van der Waals surface area contributed by atoms with Crippen LogP contribution in [0.4, 0.5) is 5.69 Å². The first-order chi connectivity index (χ1) is 14.8. The number of nitrogens with zero attached hydrogens (tertiary/aromatic N) is 1. The number of amides is 2. The number of hydrogen-bond donors (Lipinski definition) is 1. The Hall–Kier alpha value is -3.35. The Kier molecular flexibility index (Phi) is 9.06. The van der Waals surface area contributed by atoms with Crippen LogP contribution in [0, 0.1) is 20.8 Å². The summed E-state index contributed by atoms with van der Waals surface area (Å²) in [5.41, 5.74) is 3.78. The lowest BCUT2D eigenvalue weighted by atomic mass is 10.1. The Balaban J connectivity index is 1.65. The Morgan fingerprint density at radius 1 is 0.968 bits per heavy atom. The minimum absolute atomic E-state index is 0.130. The number of hydrogen-bond acceptors (Lipinski definition) is 5. The second-order valence-electron chi connectivity index (χ2n) is 7.49. The maximum atomic E-state index is 12.3. The van der Waals surface area contributed by atoms with Gasteiger partial charge in [0.2, 0.25) is 5.91 Å². The van der Waals surface area contributed by atoms with Gasteiger partial charge in [0, 0.05) is 19.2 Å². The predicted octanol–water partition coefficient (Wildman–Crippen LogP) is 3.41. The van der Waals surface area contributed by atoms with Crippen molar-refractivity contribution in [3.8, 4) is 5.75 Å². The highest BCUT2D eigenvalue weighted by atomic mass is 16.5. The minimum atomic E-state index is -0.478. The molecule has 2 rings (SSSR count). The van der Waals surface area contributed by atoms with Gasteiger partial charge in [-0.2, -0.15) is 0 Å². The lowest BCUT2D eigenvalue weighted by molar-refractivity contribution is -0.152. The van der Waals surface area contributed by atoms with E-state index in [9.17, 15) is 14.4 Å². The molecule has 0 aliphatic heterocycles. The van der Waals surface area contributed by atoms with Crippen LogP contribution in [0.25, 0.3) is 0 Å². The Bertz CT molecular complexity index is 888. The van der Waals surface area contributed by atoms with Gasteiger partial charge in [-0.05, 0) is 50.5 Å². The molecule has 2 aromatic carbocycles. The molecule has 7 heteroatoms.